The number of likely N-dealkylation sites (tertiary alicyclic amines) is 1. The van der Waals surface area contributed by atoms with Crippen molar-refractivity contribution >= 4 is 35.0 Å². The summed E-state index contributed by atoms with van der Waals surface area (Å²) in [6, 6.07) is 6.05. The first-order valence-corrected chi connectivity index (χ1v) is 11.0. The highest BCUT2D eigenvalue weighted by Crippen LogP contribution is 2.41. The fourth-order valence-corrected chi connectivity index (χ4v) is 4.29. The molecule has 0 radical (unpaired) electrons. The highest BCUT2D eigenvalue weighted by Gasteiger charge is 2.46. The first-order valence-electron chi connectivity index (χ1n) is 10.6. The van der Waals surface area contributed by atoms with Crippen LogP contribution in [0.15, 0.2) is 29.8 Å². The lowest BCUT2D eigenvalue weighted by molar-refractivity contribution is -0.140. The second-order valence-electron chi connectivity index (χ2n) is 8.20. The van der Waals surface area contributed by atoms with Crippen LogP contribution in [0.2, 0.25) is 5.02 Å². The van der Waals surface area contributed by atoms with Gasteiger partial charge in [-0.05, 0) is 58.1 Å². The number of halogens is 1. The molecule has 3 rings (SSSR count). The Morgan fingerprint density at radius 1 is 1.27 bits per heavy atom. The number of ketones is 1. The van der Waals surface area contributed by atoms with E-state index in [1.807, 2.05) is 19.0 Å². The van der Waals surface area contributed by atoms with Gasteiger partial charge in [-0.2, -0.15) is 0 Å². The number of likely N-dealkylation sites (N-methyl/N-ethyl adjacent to an activating group) is 1. The van der Waals surface area contributed by atoms with Gasteiger partial charge in [0.2, 0.25) is 0 Å². The first kappa shape index (κ1) is 24.5. The van der Waals surface area contributed by atoms with E-state index in [2.05, 4.69) is 4.98 Å². The number of benzene rings is 1. The lowest BCUT2D eigenvalue weighted by atomic mass is 9.94. The Kier molecular flexibility index (Phi) is 7.29. The van der Waals surface area contributed by atoms with E-state index in [0.29, 0.717) is 34.0 Å². The molecule has 9 heteroatoms. The number of ether oxygens (including phenoxy) is 1. The summed E-state index contributed by atoms with van der Waals surface area (Å²) in [6.07, 6.45) is 0. The standard InChI is InChI=1S/C24H28ClN3O5/c1-6-33-24(32)19-13(2)17(14(3)26-19)21(29)18-20(15-8-7-9-16(25)12-15)28(11-10-27(4)5)23(31)22(18)30/h7-9,12,20,26,29H,6,10-11H2,1-5H3/t20-/m1/s1. The molecule has 1 fully saturated rings. The summed E-state index contributed by atoms with van der Waals surface area (Å²) in [5, 5.41) is 11.8. The van der Waals surface area contributed by atoms with Crippen LogP contribution < -0.4 is 0 Å². The summed E-state index contributed by atoms with van der Waals surface area (Å²) >= 11 is 6.20. The number of carbonyl (C=O) groups excluding carboxylic acids is 3. The number of aromatic amines is 1. The molecule has 8 nitrogen and oxygen atoms in total. The Hall–Kier alpha value is -3.10. The SMILES string of the molecule is CCOC(=O)c1[nH]c(C)c(C(O)=C2C(=O)C(=O)N(CCN(C)C)[C@@H]2c2cccc(Cl)c2)c1C. The number of hydrogen-bond acceptors (Lipinski definition) is 6. The molecule has 0 unspecified atom stereocenters. The van der Waals surface area contributed by atoms with Gasteiger partial charge < -0.3 is 24.6 Å². The number of nitrogens with zero attached hydrogens (tertiary/aromatic N) is 2. The molecule has 0 aliphatic carbocycles. The van der Waals surface area contributed by atoms with E-state index in [1.54, 1.807) is 45.0 Å². The van der Waals surface area contributed by atoms with E-state index in [-0.39, 0.29) is 30.2 Å². The number of aryl methyl sites for hydroxylation is 1. The van der Waals surface area contributed by atoms with Crippen LogP contribution >= 0.6 is 11.6 Å². The van der Waals surface area contributed by atoms with Crippen LogP contribution in [0.25, 0.3) is 5.76 Å². The van der Waals surface area contributed by atoms with Gasteiger partial charge in [-0.25, -0.2) is 4.79 Å². The average molecular weight is 474 g/mol. The summed E-state index contributed by atoms with van der Waals surface area (Å²) in [7, 11) is 3.74. The number of aliphatic hydroxyl groups is 1. The van der Waals surface area contributed by atoms with Crippen LogP contribution in [0.3, 0.4) is 0 Å². The third kappa shape index (κ3) is 4.67. The molecule has 1 atom stereocenters. The molecular formula is C24H28ClN3O5. The predicted octanol–water partition coefficient (Wildman–Crippen LogP) is 3.44. The monoisotopic (exact) mass is 473 g/mol. The van der Waals surface area contributed by atoms with E-state index in [4.69, 9.17) is 16.3 Å². The number of H-pyrrole nitrogens is 1. The van der Waals surface area contributed by atoms with E-state index >= 15 is 0 Å². The van der Waals surface area contributed by atoms with E-state index < -0.39 is 23.7 Å². The zero-order chi connectivity index (χ0) is 24.4. The lowest BCUT2D eigenvalue weighted by Crippen LogP contribution is -2.35. The maximum absolute atomic E-state index is 13.2. The van der Waals surface area contributed by atoms with Gasteiger partial charge >= 0.3 is 5.97 Å². The van der Waals surface area contributed by atoms with Gasteiger partial charge in [0.1, 0.15) is 11.5 Å². The van der Waals surface area contributed by atoms with Gasteiger partial charge in [0.25, 0.3) is 11.7 Å². The summed E-state index contributed by atoms with van der Waals surface area (Å²) in [6.45, 7) is 6.04. The Labute approximate surface area is 197 Å². The number of aliphatic hydroxyl groups excluding tert-OH is 1. The smallest absolute Gasteiger partial charge is 0.355 e. The molecule has 1 saturated heterocycles. The highest BCUT2D eigenvalue weighted by atomic mass is 35.5. The molecule has 1 aromatic heterocycles. The fraction of sp³-hybridized carbons (Fsp3) is 0.375. The topological polar surface area (TPSA) is 103 Å². The molecule has 2 heterocycles. The van der Waals surface area contributed by atoms with Gasteiger partial charge in [0.05, 0.1) is 18.2 Å². The number of hydrogen-bond donors (Lipinski definition) is 2. The first-order chi connectivity index (χ1) is 15.6. The Morgan fingerprint density at radius 2 is 1.97 bits per heavy atom. The maximum Gasteiger partial charge on any atom is 0.355 e. The van der Waals surface area contributed by atoms with Crippen molar-refractivity contribution in [2.45, 2.75) is 26.8 Å². The molecule has 176 valence electrons. The van der Waals surface area contributed by atoms with Crippen molar-refractivity contribution in [1.29, 1.82) is 0 Å². The van der Waals surface area contributed by atoms with Gasteiger partial charge in [-0.15, -0.1) is 0 Å². The number of aromatic nitrogens is 1. The molecule has 2 N–H and O–H groups in total. The van der Waals surface area contributed by atoms with Crippen molar-refractivity contribution in [3.05, 3.63) is 62.9 Å². The van der Waals surface area contributed by atoms with Gasteiger partial charge in [-0.3, -0.25) is 9.59 Å². The third-order valence-corrected chi connectivity index (χ3v) is 5.88. The number of carbonyl (C=O) groups is 3. The van der Waals surface area contributed by atoms with E-state index in [0.717, 1.165) is 0 Å². The minimum absolute atomic E-state index is 0.0402. The highest BCUT2D eigenvalue weighted by molar-refractivity contribution is 6.46. The molecule has 33 heavy (non-hydrogen) atoms. The molecule has 0 bridgehead atoms. The van der Waals surface area contributed by atoms with Gasteiger partial charge in [0.15, 0.2) is 0 Å². The number of rotatable bonds is 7. The van der Waals surface area contributed by atoms with Crippen LogP contribution in [-0.2, 0) is 14.3 Å². The summed E-state index contributed by atoms with van der Waals surface area (Å²) in [5.41, 5.74) is 1.98. The van der Waals surface area contributed by atoms with Crippen LogP contribution in [0.4, 0.5) is 0 Å². The number of nitrogens with one attached hydrogen (secondary N) is 1. The maximum atomic E-state index is 13.2. The Morgan fingerprint density at radius 3 is 2.58 bits per heavy atom. The summed E-state index contributed by atoms with van der Waals surface area (Å²) in [4.78, 5) is 44.8. The Balaban J connectivity index is 2.20. The molecule has 1 amide bonds. The minimum Gasteiger partial charge on any atom is -0.507 e. The van der Waals surface area contributed by atoms with Crippen LogP contribution in [0.1, 0.15) is 45.8 Å². The van der Waals surface area contributed by atoms with E-state index in [9.17, 15) is 19.5 Å². The van der Waals surface area contributed by atoms with Crippen molar-refractivity contribution in [3.8, 4) is 0 Å². The molecule has 2 aromatic rings. The predicted molar refractivity (Wildman–Crippen MR) is 125 cm³/mol. The van der Waals surface area contributed by atoms with Crippen molar-refractivity contribution in [3.63, 3.8) is 0 Å². The second kappa shape index (κ2) is 9.80. The van der Waals surface area contributed by atoms with Crippen LogP contribution in [-0.4, -0.2) is 71.3 Å². The molecule has 1 aliphatic heterocycles. The fourth-order valence-electron chi connectivity index (χ4n) is 4.09. The lowest BCUT2D eigenvalue weighted by Gasteiger charge is -2.26. The van der Waals surface area contributed by atoms with Crippen molar-refractivity contribution < 1.29 is 24.2 Å². The zero-order valence-electron chi connectivity index (χ0n) is 19.4. The van der Waals surface area contributed by atoms with Crippen molar-refractivity contribution in [2.75, 3.05) is 33.8 Å². The summed E-state index contributed by atoms with van der Waals surface area (Å²) in [5.74, 6) is -2.38. The zero-order valence-corrected chi connectivity index (χ0v) is 20.1. The van der Waals surface area contributed by atoms with Gasteiger partial charge in [-0.1, -0.05) is 23.7 Å². The average Bonchev–Trinajstić information content (AvgIpc) is 3.19. The van der Waals surface area contributed by atoms with Crippen molar-refractivity contribution in [1.82, 2.24) is 14.8 Å². The molecule has 0 saturated carbocycles. The second-order valence-corrected chi connectivity index (χ2v) is 8.63. The largest absolute Gasteiger partial charge is 0.507 e. The third-order valence-electron chi connectivity index (χ3n) is 5.65. The Bertz CT molecular complexity index is 1140. The number of Topliss-reactive ketones (excluding diaryl/α,β-unsaturated/α-hetero) is 1. The molecular weight excluding hydrogens is 446 g/mol. The van der Waals surface area contributed by atoms with Crippen LogP contribution in [0.5, 0.6) is 0 Å². The normalized spacial score (nSPS) is 17.8. The van der Waals surface area contributed by atoms with Gasteiger partial charge in [0, 0.05) is 29.4 Å². The molecule has 0 spiro atoms. The van der Waals surface area contributed by atoms with Crippen molar-refractivity contribution in [2.24, 2.45) is 0 Å². The molecule has 1 aromatic carbocycles. The molecule has 1 aliphatic rings. The van der Waals surface area contributed by atoms with Crippen LogP contribution in [0, 0.1) is 13.8 Å². The number of amides is 1. The van der Waals surface area contributed by atoms with E-state index in [1.165, 1.54) is 4.90 Å². The minimum atomic E-state index is -0.816. The quantitative estimate of drug-likeness (QED) is 0.276. The number of esters is 1. The summed E-state index contributed by atoms with van der Waals surface area (Å²) < 4.78 is 5.08.